The maximum Gasteiger partial charge on any atom is 0.238 e. The number of anilines is 1. The summed E-state index contributed by atoms with van der Waals surface area (Å²) in [6.45, 7) is 3.34. The summed E-state index contributed by atoms with van der Waals surface area (Å²) in [5.74, 6) is -0.326. The Bertz CT molecular complexity index is 848. The van der Waals surface area contributed by atoms with Crippen LogP contribution in [0.4, 0.5) is 5.69 Å². The van der Waals surface area contributed by atoms with E-state index in [1.54, 1.807) is 25.8 Å². The molecular weight excluding hydrogens is 340 g/mol. The number of hydrogen-bond donors (Lipinski definition) is 2. The minimum atomic E-state index is -0.956. The van der Waals surface area contributed by atoms with Crippen molar-refractivity contribution in [1.29, 1.82) is 0 Å². The topological polar surface area (TPSA) is 69.6 Å². The third-order valence-electron chi connectivity index (χ3n) is 5.18. The fourth-order valence-corrected chi connectivity index (χ4v) is 3.80. The lowest BCUT2D eigenvalue weighted by molar-refractivity contribution is -0.130. The zero-order chi connectivity index (χ0) is 19.7. The maximum absolute atomic E-state index is 13.4. The number of carbonyl (C=O) groups excluding carboxylic acids is 2. The van der Waals surface area contributed by atoms with Crippen LogP contribution in [0.2, 0.25) is 0 Å². The number of likely N-dealkylation sites (N-methyl/N-ethyl adjacent to an activating group) is 1. The Morgan fingerprint density at radius 1 is 1.11 bits per heavy atom. The molecule has 0 spiro atoms. The summed E-state index contributed by atoms with van der Waals surface area (Å²) in [5, 5.41) is 12.3. The van der Waals surface area contributed by atoms with Crippen LogP contribution in [0.25, 0.3) is 0 Å². The van der Waals surface area contributed by atoms with E-state index in [9.17, 15) is 14.7 Å². The third-order valence-corrected chi connectivity index (χ3v) is 5.18. The highest BCUT2D eigenvalue weighted by atomic mass is 16.3. The number of carbonyl (C=O) groups is 2. The number of aliphatic hydroxyl groups is 1. The largest absolute Gasteiger partial charge is 0.394 e. The van der Waals surface area contributed by atoms with Crippen molar-refractivity contribution in [2.24, 2.45) is 0 Å². The van der Waals surface area contributed by atoms with Crippen molar-refractivity contribution in [2.75, 3.05) is 18.6 Å². The van der Waals surface area contributed by atoms with Gasteiger partial charge in [0.2, 0.25) is 11.8 Å². The van der Waals surface area contributed by atoms with Crippen LogP contribution < -0.4 is 10.2 Å². The van der Waals surface area contributed by atoms with E-state index < -0.39 is 11.0 Å². The molecule has 3 rings (SSSR count). The van der Waals surface area contributed by atoms with E-state index in [1.807, 2.05) is 54.6 Å². The minimum absolute atomic E-state index is 0.0332. The summed E-state index contributed by atoms with van der Waals surface area (Å²) in [4.78, 5) is 27.8. The standard InChI is InChI=1S/C22H26N2O3/c1-21(2,15-25)23-19(26)14-22(13-16-9-5-4-6-10-16)17-11-7-8-12-18(17)24(3)20(22)27/h4-12,25H,13-15H2,1-3H3,(H,23,26)/t22-/m0/s1. The Labute approximate surface area is 160 Å². The van der Waals surface area contributed by atoms with E-state index in [4.69, 9.17) is 0 Å². The second-order valence-electron chi connectivity index (χ2n) is 7.89. The lowest BCUT2D eigenvalue weighted by Crippen LogP contribution is -2.50. The van der Waals surface area contributed by atoms with Gasteiger partial charge in [-0.3, -0.25) is 9.59 Å². The van der Waals surface area contributed by atoms with Gasteiger partial charge < -0.3 is 15.3 Å². The quantitative estimate of drug-likeness (QED) is 0.825. The molecule has 0 aliphatic carbocycles. The van der Waals surface area contributed by atoms with Gasteiger partial charge in [-0.2, -0.15) is 0 Å². The molecule has 2 aromatic carbocycles. The third kappa shape index (κ3) is 3.60. The van der Waals surface area contributed by atoms with Crippen molar-refractivity contribution in [3.63, 3.8) is 0 Å². The molecule has 1 aliphatic rings. The second-order valence-corrected chi connectivity index (χ2v) is 7.89. The molecular formula is C22H26N2O3. The van der Waals surface area contributed by atoms with Crippen LogP contribution in [0, 0.1) is 0 Å². The molecule has 2 amide bonds. The summed E-state index contributed by atoms with van der Waals surface area (Å²) in [6, 6.07) is 17.4. The zero-order valence-corrected chi connectivity index (χ0v) is 16.0. The number of para-hydroxylation sites is 1. The summed E-state index contributed by atoms with van der Waals surface area (Å²) >= 11 is 0. The van der Waals surface area contributed by atoms with Crippen molar-refractivity contribution in [2.45, 2.75) is 37.6 Å². The summed E-state index contributed by atoms with van der Waals surface area (Å²) < 4.78 is 0. The van der Waals surface area contributed by atoms with E-state index in [0.29, 0.717) is 6.42 Å². The van der Waals surface area contributed by atoms with Gasteiger partial charge >= 0.3 is 0 Å². The van der Waals surface area contributed by atoms with Gasteiger partial charge in [-0.05, 0) is 37.5 Å². The molecule has 2 aromatic rings. The number of aliphatic hydroxyl groups excluding tert-OH is 1. The van der Waals surface area contributed by atoms with Crippen molar-refractivity contribution >= 4 is 17.5 Å². The molecule has 142 valence electrons. The predicted molar refractivity (Wildman–Crippen MR) is 106 cm³/mol. The average Bonchev–Trinajstić information content (AvgIpc) is 2.85. The van der Waals surface area contributed by atoms with E-state index in [-0.39, 0.29) is 24.8 Å². The lowest BCUT2D eigenvalue weighted by Gasteiger charge is -2.30. The van der Waals surface area contributed by atoms with Crippen LogP contribution in [0.15, 0.2) is 54.6 Å². The molecule has 0 radical (unpaired) electrons. The maximum atomic E-state index is 13.4. The van der Waals surface area contributed by atoms with Crippen molar-refractivity contribution in [3.8, 4) is 0 Å². The van der Waals surface area contributed by atoms with Crippen LogP contribution in [0.3, 0.4) is 0 Å². The van der Waals surface area contributed by atoms with Gasteiger partial charge in [0.1, 0.15) is 0 Å². The monoisotopic (exact) mass is 366 g/mol. The van der Waals surface area contributed by atoms with Crippen LogP contribution in [0.5, 0.6) is 0 Å². The van der Waals surface area contributed by atoms with Crippen LogP contribution in [-0.4, -0.2) is 36.1 Å². The predicted octanol–water partition coefficient (Wildman–Crippen LogP) is 2.42. The molecule has 2 N–H and O–H groups in total. The second kappa shape index (κ2) is 7.16. The van der Waals surface area contributed by atoms with Gasteiger partial charge in [-0.1, -0.05) is 48.5 Å². The number of nitrogens with one attached hydrogen (secondary N) is 1. The number of benzene rings is 2. The molecule has 5 nitrogen and oxygen atoms in total. The normalized spacial score (nSPS) is 19.1. The first-order valence-corrected chi connectivity index (χ1v) is 9.12. The SMILES string of the molecule is CN1C(=O)[C@](CC(=O)NC(C)(C)CO)(Cc2ccccc2)c2ccccc21. The van der Waals surface area contributed by atoms with Crippen molar-refractivity contribution in [1.82, 2.24) is 5.32 Å². The molecule has 0 saturated heterocycles. The van der Waals surface area contributed by atoms with E-state index in [2.05, 4.69) is 5.32 Å². The Hall–Kier alpha value is -2.66. The molecule has 0 fully saturated rings. The number of rotatable bonds is 6. The molecule has 0 saturated carbocycles. The Balaban J connectivity index is 2.03. The van der Waals surface area contributed by atoms with Gasteiger partial charge in [0.15, 0.2) is 0 Å². The molecule has 1 heterocycles. The van der Waals surface area contributed by atoms with Crippen LogP contribution in [0.1, 0.15) is 31.4 Å². The molecule has 1 atom stereocenters. The molecule has 0 aromatic heterocycles. The molecule has 0 bridgehead atoms. The van der Waals surface area contributed by atoms with Crippen molar-refractivity contribution in [3.05, 3.63) is 65.7 Å². The summed E-state index contributed by atoms with van der Waals surface area (Å²) in [5.41, 5.74) is 1.02. The van der Waals surface area contributed by atoms with E-state index >= 15 is 0 Å². The smallest absolute Gasteiger partial charge is 0.238 e. The summed E-state index contributed by atoms with van der Waals surface area (Å²) in [6.07, 6.45) is 0.479. The van der Waals surface area contributed by atoms with E-state index in [0.717, 1.165) is 16.8 Å². The number of fused-ring (bicyclic) bond motifs is 1. The highest BCUT2D eigenvalue weighted by Gasteiger charge is 2.51. The summed E-state index contributed by atoms with van der Waals surface area (Å²) in [7, 11) is 1.75. The lowest BCUT2D eigenvalue weighted by atomic mass is 9.73. The fraction of sp³-hybridized carbons (Fsp3) is 0.364. The van der Waals surface area contributed by atoms with Gasteiger partial charge in [0, 0.05) is 19.2 Å². The van der Waals surface area contributed by atoms with Gasteiger partial charge in [0.25, 0.3) is 0 Å². The van der Waals surface area contributed by atoms with Crippen LogP contribution in [-0.2, 0) is 21.4 Å². The first kappa shape index (κ1) is 19.1. The van der Waals surface area contributed by atoms with E-state index in [1.165, 1.54) is 0 Å². The molecule has 1 aliphatic heterocycles. The van der Waals surface area contributed by atoms with Gasteiger partial charge in [0.05, 0.1) is 17.6 Å². The molecule has 0 unspecified atom stereocenters. The highest BCUT2D eigenvalue weighted by molar-refractivity contribution is 6.10. The zero-order valence-electron chi connectivity index (χ0n) is 16.0. The first-order chi connectivity index (χ1) is 12.8. The number of nitrogens with zero attached hydrogens (tertiary/aromatic N) is 1. The van der Waals surface area contributed by atoms with Gasteiger partial charge in [-0.25, -0.2) is 0 Å². The average molecular weight is 366 g/mol. The number of hydrogen-bond acceptors (Lipinski definition) is 3. The van der Waals surface area contributed by atoms with Crippen LogP contribution >= 0.6 is 0 Å². The Morgan fingerprint density at radius 2 is 1.74 bits per heavy atom. The first-order valence-electron chi connectivity index (χ1n) is 9.12. The minimum Gasteiger partial charge on any atom is -0.394 e. The molecule has 5 heteroatoms. The molecule has 27 heavy (non-hydrogen) atoms. The number of amides is 2. The fourth-order valence-electron chi connectivity index (χ4n) is 3.80. The Kier molecular flexibility index (Phi) is 5.07. The Morgan fingerprint density at radius 3 is 2.41 bits per heavy atom. The highest BCUT2D eigenvalue weighted by Crippen LogP contribution is 2.45. The van der Waals surface area contributed by atoms with Gasteiger partial charge in [-0.15, -0.1) is 0 Å². The van der Waals surface area contributed by atoms with Crippen molar-refractivity contribution < 1.29 is 14.7 Å².